The Morgan fingerprint density at radius 1 is 0.927 bits per heavy atom. The van der Waals surface area contributed by atoms with E-state index in [1.165, 1.54) is 23.5 Å². The van der Waals surface area contributed by atoms with Gasteiger partial charge in [-0.05, 0) is 36.2 Å². The summed E-state index contributed by atoms with van der Waals surface area (Å²) >= 11 is 1.49. The standard InChI is InChI=1S/C32H26N2O5S2/c1-2-34(28(32(35)36)19-21-9-4-3-5-10-21)41(37,38)23-17-15-22(16-18-23)27-20-40-31(33-27)26-13-8-12-25-24-11-6-7-14-29(24)39-30(25)26/h3-18,20,28H,2,19H2,1H3,(H,35,36). The molecular weight excluding hydrogens is 556 g/mol. The highest BCUT2D eigenvalue weighted by atomic mass is 32.2. The van der Waals surface area contributed by atoms with Crippen LogP contribution in [0, 0.1) is 0 Å². The quantitative estimate of drug-likeness (QED) is 0.195. The van der Waals surface area contributed by atoms with Gasteiger partial charge < -0.3 is 9.52 Å². The van der Waals surface area contributed by atoms with Gasteiger partial charge in [-0.25, -0.2) is 13.4 Å². The summed E-state index contributed by atoms with van der Waals surface area (Å²) in [5.41, 5.74) is 4.71. The lowest BCUT2D eigenvalue weighted by Crippen LogP contribution is -2.46. The number of sulfonamides is 1. The smallest absolute Gasteiger partial charge is 0.322 e. The van der Waals surface area contributed by atoms with Crippen LogP contribution in [-0.2, 0) is 21.2 Å². The van der Waals surface area contributed by atoms with Crippen molar-refractivity contribution in [3.63, 3.8) is 0 Å². The lowest BCUT2D eigenvalue weighted by atomic mass is 10.1. The third kappa shape index (κ3) is 5.04. The molecule has 206 valence electrons. The Labute approximate surface area is 241 Å². The molecule has 1 N–H and O–H groups in total. The first-order valence-electron chi connectivity index (χ1n) is 13.1. The van der Waals surface area contributed by atoms with Gasteiger partial charge in [0.25, 0.3) is 0 Å². The number of aliphatic carboxylic acids is 1. The lowest BCUT2D eigenvalue weighted by Gasteiger charge is -2.27. The number of nitrogens with zero attached hydrogens (tertiary/aromatic N) is 2. The van der Waals surface area contributed by atoms with Crippen molar-refractivity contribution in [3.8, 4) is 21.8 Å². The second kappa shape index (κ2) is 10.9. The predicted octanol–water partition coefficient (Wildman–Crippen LogP) is 7.08. The minimum absolute atomic E-state index is 0.0245. The number of hydrogen-bond acceptors (Lipinski definition) is 6. The Kier molecular flexibility index (Phi) is 7.17. The van der Waals surface area contributed by atoms with Gasteiger partial charge in [0.1, 0.15) is 22.2 Å². The van der Waals surface area contributed by atoms with Crippen LogP contribution >= 0.6 is 11.3 Å². The van der Waals surface area contributed by atoms with E-state index >= 15 is 0 Å². The van der Waals surface area contributed by atoms with Crippen LogP contribution in [0.3, 0.4) is 0 Å². The van der Waals surface area contributed by atoms with E-state index in [1.54, 1.807) is 43.3 Å². The van der Waals surface area contributed by atoms with Crippen molar-refractivity contribution < 1.29 is 22.7 Å². The maximum absolute atomic E-state index is 13.6. The largest absolute Gasteiger partial charge is 0.480 e. The molecule has 1 atom stereocenters. The van der Waals surface area contributed by atoms with E-state index in [0.717, 1.165) is 47.9 Å². The molecule has 0 saturated heterocycles. The Morgan fingerprint density at radius 2 is 1.63 bits per heavy atom. The number of aromatic nitrogens is 1. The van der Waals surface area contributed by atoms with Crippen LogP contribution in [-0.4, -0.2) is 41.4 Å². The van der Waals surface area contributed by atoms with Crippen molar-refractivity contribution in [2.45, 2.75) is 24.3 Å². The number of para-hydroxylation sites is 2. The van der Waals surface area contributed by atoms with Crippen LogP contribution in [0.2, 0.25) is 0 Å². The van der Waals surface area contributed by atoms with Gasteiger partial charge >= 0.3 is 5.97 Å². The Balaban J connectivity index is 1.28. The van der Waals surface area contributed by atoms with Gasteiger partial charge in [0.2, 0.25) is 10.0 Å². The maximum Gasteiger partial charge on any atom is 0.322 e. The summed E-state index contributed by atoms with van der Waals surface area (Å²) in [7, 11) is -4.07. The van der Waals surface area contributed by atoms with E-state index in [-0.39, 0.29) is 17.9 Å². The first kappa shape index (κ1) is 26.9. The number of fused-ring (bicyclic) bond motifs is 3. The number of likely N-dealkylation sites (N-methyl/N-ethyl adjacent to an activating group) is 1. The highest BCUT2D eigenvalue weighted by molar-refractivity contribution is 7.89. The normalized spacial score (nSPS) is 12.7. The fourth-order valence-corrected chi connectivity index (χ4v) is 7.53. The molecule has 0 fully saturated rings. The SMILES string of the molecule is CCN(C(Cc1ccccc1)C(=O)O)S(=O)(=O)c1ccc(-c2csc(-c3cccc4c3oc3ccccc34)n2)cc1. The number of thiazole rings is 1. The summed E-state index contributed by atoms with van der Waals surface area (Å²) in [5.74, 6) is -1.19. The minimum atomic E-state index is -4.07. The zero-order valence-corrected chi connectivity index (χ0v) is 23.7. The van der Waals surface area contributed by atoms with Crippen molar-refractivity contribution in [2.75, 3.05) is 6.54 Å². The third-order valence-electron chi connectivity index (χ3n) is 7.11. The number of benzene rings is 4. The number of hydrogen-bond donors (Lipinski definition) is 1. The molecule has 2 heterocycles. The fraction of sp³-hybridized carbons (Fsp3) is 0.125. The van der Waals surface area contributed by atoms with Crippen LogP contribution in [0.5, 0.6) is 0 Å². The second-order valence-electron chi connectivity index (χ2n) is 9.59. The predicted molar refractivity (Wildman–Crippen MR) is 161 cm³/mol. The summed E-state index contributed by atoms with van der Waals surface area (Å²) in [6.45, 7) is 1.67. The van der Waals surface area contributed by atoms with Crippen LogP contribution in [0.1, 0.15) is 12.5 Å². The molecule has 6 aromatic rings. The molecule has 9 heteroatoms. The molecule has 41 heavy (non-hydrogen) atoms. The molecule has 4 aromatic carbocycles. The van der Waals surface area contributed by atoms with Crippen LogP contribution in [0.15, 0.2) is 112 Å². The minimum Gasteiger partial charge on any atom is -0.480 e. The van der Waals surface area contributed by atoms with E-state index in [9.17, 15) is 18.3 Å². The Bertz CT molecular complexity index is 1960. The maximum atomic E-state index is 13.6. The number of carboxylic acid groups (broad SMARTS) is 1. The molecule has 0 aliphatic heterocycles. The number of carboxylic acids is 1. The summed E-state index contributed by atoms with van der Waals surface area (Å²) in [6.07, 6.45) is 0.0703. The summed E-state index contributed by atoms with van der Waals surface area (Å²) in [4.78, 5) is 17.0. The molecule has 6 rings (SSSR count). The molecule has 0 aliphatic carbocycles. The van der Waals surface area contributed by atoms with Gasteiger partial charge in [-0.3, -0.25) is 4.79 Å². The highest BCUT2D eigenvalue weighted by Crippen LogP contribution is 2.38. The average Bonchev–Trinajstić information content (AvgIpc) is 3.63. The fourth-order valence-electron chi connectivity index (χ4n) is 5.09. The van der Waals surface area contributed by atoms with Gasteiger partial charge in [-0.15, -0.1) is 11.3 Å². The molecule has 2 aromatic heterocycles. The van der Waals surface area contributed by atoms with Crippen molar-refractivity contribution in [3.05, 3.63) is 108 Å². The topological polar surface area (TPSA) is 101 Å². The summed E-state index contributed by atoms with van der Waals surface area (Å²) in [6, 6.07) is 28.1. The van der Waals surface area contributed by atoms with Crippen molar-refractivity contribution in [1.82, 2.24) is 9.29 Å². The van der Waals surface area contributed by atoms with Crippen molar-refractivity contribution in [1.29, 1.82) is 0 Å². The molecular formula is C32H26N2O5S2. The highest BCUT2D eigenvalue weighted by Gasteiger charge is 2.35. The van der Waals surface area contributed by atoms with E-state index in [0.29, 0.717) is 5.69 Å². The van der Waals surface area contributed by atoms with Gasteiger partial charge in [0, 0.05) is 28.3 Å². The van der Waals surface area contributed by atoms with Gasteiger partial charge in [0.05, 0.1) is 16.2 Å². The second-order valence-corrected chi connectivity index (χ2v) is 12.3. The third-order valence-corrected chi connectivity index (χ3v) is 9.99. The van der Waals surface area contributed by atoms with Gasteiger partial charge in [-0.1, -0.05) is 79.7 Å². The van der Waals surface area contributed by atoms with Crippen LogP contribution < -0.4 is 0 Å². The number of rotatable bonds is 9. The zero-order valence-electron chi connectivity index (χ0n) is 22.1. The molecule has 7 nitrogen and oxygen atoms in total. The van der Waals surface area contributed by atoms with Crippen LogP contribution in [0.25, 0.3) is 43.8 Å². The van der Waals surface area contributed by atoms with Crippen LogP contribution in [0.4, 0.5) is 0 Å². The Morgan fingerprint density at radius 3 is 2.37 bits per heavy atom. The van der Waals surface area contributed by atoms with Gasteiger partial charge in [-0.2, -0.15) is 4.31 Å². The first-order chi connectivity index (χ1) is 19.9. The van der Waals surface area contributed by atoms with E-state index in [2.05, 4.69) is 0 Å². The van der Waals surface area contributed by atoms with E-state index < -0.39 is 22.0 Å². The monoisotopic (exact) mass is 582 g/mol. The van der Waals surface area contributed by atoms with Crippen molar-refractivity contribution in [2.24, 2.45) is 0 Å². The molecule has 0 amide bonds. The number of furan rings is 1. The van der Waals surface area contributed by atoms with Gasteiger partial charge in [0.15, 0.2) is 0 Å². The molecule has 0 radical (unpaired) electrons. The molecule has 0 spiro atoms. The molecule has 0 bridgehead atoms. The average molecular weight is 583 g/mol. The molecule has 0 saturated carbocycles. The first-order valence-corrected chi connectivity index (χ1v) is 15.4. The summed E-state index contributed by atoms with van der Waals surface area (Å²) in [5, 5.41) is 14.7. The molecule has 1 unspecified atom stereocenters. The molecule has 0 aliphatic rings. The summed E-state index contributed by atoms with van der Waals surface area (Å²) < 4.78 is 34.4. The van der Waals surface area contributed by atoms with E-state index in [4.69, 9.17) is 9.40 Å². The van der Waals surface area contributed by atoms with E-state index in [1.807, 2.05) is 53.9 Å². The lowest BCUT2D eigenvalue weighted by molar-refractivity contribution is -0.141. The Hall–Kier alpha value is -4.31. The number of carbonyl (C=O) groups is 1. The van der Waals surface area contributed by atoms with Crippen molar-refractivity contribution >= 4 is 49.3 Å². The zero-order chi connectivity index (χ0) is 28.6.